The third kappa shape index (κ3) is 2.90. The van der Waals surface area contributed by atoms with E-state index in [0.29, 0.717) is 11.5 Å². The molecule has 0 bridgehead atoms. The van der Waals surface area contributed by atoms with Crippen LogP contribution in [0, 0.1) is 12.7 Å². The lowest BCUT2D eigenvalue weighted by molar-refractivity contribution is 0.0603. The Hall–Kier alpha value is -1.95. The first kappa shape index (κ1) is 13.5. The molecule has 1 aromatic heterocycles. The molecule has 5 nitrogen and oxygen atoms in total. The number of nitrogens with zero attached hydrogens (tertiary/aromatic N) is 2. The minimum Gasteiger partial charge on any atom is -0.371 e. The van der Waals surface area contributed by atoms with Gasteiger partial charge in [0.1, 0.15) is 12.4 Å². The van der Waals surface area contributed by atoms with E-state index in [2.05, 4.69) is 10.2 Å². The van der Waals surface area contributed by atoms with Crippen molar-refractivity contribution in [2.75, 3.05) is 0 Å². The number of aromatic nitrogens is 3. The van der Waals surface area contributed by atoms with Gasteiger partial charge in [0.2, 0.25) is 0 Å². The van der Waals surface area contributed by atoms with E-state index < -0.39 is 11.5 Å². The van der Waals surface area contributed by atoms with Gasteiger partial charge in [0.15, 0.2) is 5.82 Å². The van der Waals surface area contributed by atoms with Crippen LogP contribution >= 0.6 is 0 Å². The largest absolute Gasteiger partial charge is 0.371 e. The van der Waals surface area contributed by atoms with Gasteiger partial charge in [0.25, 0.3) is 0 Å². The first-order valence-corrected chi connectivity index (χ1v) is 6.03. The van der Waals surface area contributed by atoms with E-state index >= 15 is 0 Å². The Bertz CT molecular complexity index is 631. The molecule has 0 aliphatic rings. The van der Waals surface area contributed by atoms with Crippen LogP contribution in [0.5, 0.6) is 0 Å². The maximum absolute atomic E-state index is 13.3. The average molecular weight is 265 g/mol. The van der Waals surface area contributed by atoms with Crippen LogP contribution in [0.3, 0.4) is 0 Å². The van der Waals surface area contributed by atoms with Crippen molar-refractivity contribution >= 4 is 0 Å². The van der Waals surface area contributed by atoms with Crippen molar-refractivity contribution in [1.82, 2.24) is 14.8 Å². The van der Waals surface area contributed by atoms with Gasteiger partial charge in [-0.2, -0.15) is 5.10 Å². The molecule has 0 amide bonds. The molecule has 19 heavy (non-hydrogen) atoms. The fraction of sp³-hybridized carbons (Fsp3) is 0.385. The fourth-order valence-corrected chi connectivity index (χ4v) is 1.74. The maximum Gasteiger partial charge on any atom is 0.348 e. The Labute approximate surface area is 110 Å². The third-order valence-corrected chi connectivity index (χ3v) is 2.70. The normalized spacial score (nSPS) is 11.2. The lowest BCUT2D eigenvalue weighted by Crippen LogP contribution is -2.19. The fourth-order valence-electron chi connectivity index (χ4n) is 1.74. The molecular weight excluding hydrogens is 249 g/mol. The second kappa shape index (κ2) is 5.36. The van der Waals surface area contributed by atoms with Crippen molar-refractivity contribution < 1.29 is 9.13 Å². The van der Waals surface area contributed by atoms with E-state index in [1.54, 1.807) is 13.0 Å². The van der Waals surface area contributed by atoms with Gasteiger partial charge in [-0.05, 0) is 38.5 Å². The standard InChI is InChI=1S/C13H16FN3O2/c1-8(2)19-7-12-15-16-13(18)17(12)11-6-10(14)5-4-9(11)3/h4-6,8H,7H2,1-3H3,(H,16,18). The zero-order valence-electron chi connectivity index (χ0n) is 11.1. The molecular formula is C13H16FN3O2. The highest BCUT2D eigenvalue weighted by Crippen LogP contribution is 2.15. The molecule has 1 heterocycles. The van der Waals surface area contributed by atoms with Crippen LogP contribution in [0.15, 0.2) is 23.0 Å². The van der Waals surface area contributed by atoms with Crippen molar-refractivity contribution in [3.8, 4) is 5.69 Å². The number of halogens is 1. The zero-order valence-corrected chi connectivity index (χ0v) is 11.1. The monoisotopic (exact) mass is 265 g/mol. The molecule has 0 aliphatic heterocycles. The van der Waals surface area contributed by atoms with E-state index in [4.69, 9.17) is 4.74 Å². The van der Waals surface area contributed by atoms with E-state index in [1.165, 1.54) is 16.7 Å². The molecule has 0 atom stereocenters. The van der Waals surface area contributed by atoms with Gasteiger partial charge in [-0.3, -0.25) is 0 Å². The summed E-state index contributed by atoms with van der Waals surface area (Å²) in [5.41, 5.74) is 0.854. The van der Waals surface area contributed by atoms with Gasteiger partial charge in [0, 0.05) is 0 Å². The topological polar surface area (TPSA) is 59.9 Å². The number of aromatic amines is 1. The van der Waals surface area contributed by atoms with Crippen molar-refractivity contribution in [2.45, 2.75) is 33.5 Å². The summed E-state index contributed by atoms with van der Waals surface area (Å²) in [5.74, 6) is 0.0248. The van der Waals surface area contributed by atoms with Crippen LogP contribution in [0.2, 0.25) is 0 Å². The van der Waals surface area contributed by atoms with E-state index in [-0.39, 0.29) is 12.7 Å². The number of benzene rings is 1. The predicted octanol–water partition coefficient (Wildman–Crippen LogP) is 1.93. The summed E-state index contributed by atoms with van der Waals surface area (Å²) < 4.78 is 20.1. The summed E-state index contributed by atoms with van der Waals surface area (Å²) >= 11 is 0. The quantitative estimate of drug-likeness (QED) is 0.919. The highest BCUT2D eigenvalue weighted by molar-refractivity contribution is 5.41. The van der Waals surface area contributed by atoms with Crippen LogP contribution in [0.4, 0.5) is 4.39 Å². The minimum atomic E-state index is -0.406. The molecule has 0 saturated carbocycles. The summed E-state index contributed by atoms with van der Waals surface area (Å²) in [5, 5.41) is 6.27. The van der Waals surface area contributed by atoms with Crippen LogP contribution in [-0.4, -0.2) is 20.9 Å². The summed E-state index contributed by atoms with van der Waals surface area (Å²) in [4.78, 5) is 11.8. The van der Waals surface area contributed by atoms with Gasteiger partial charge in [-0.1, -0.05) is 6.07 Å². The summed E-state index contributed by atoms with van der Waals surface area (Å²) in [7, 11) is 0. The SMILES string of the molecule is Cc1ccc(F)cc1-n1c(COC(C)C)n[nH]c1=O. The van der Waals surface area contributed by atoms with Gasteiger partial charge in [-0.15, -0.1) is 0 Å². The zero-order chi connectivity index (χ0) is 14.0. The number of nitrogens with one attached hydrogen (secondary N) is 1. The van der Waals surface area contributed by atoms with Crippen LogP contribution in [-0.2, 0) is 11.3 Å². The lowest BCUT2D eigenvalue weighted by atomic mass is 10.2. The highest BCUT2D eigenvalue weighted by Gasteiger charge is 2.13. The smallest absolute Gasteiger partial charge is 0.348 e. The molecule has 0 unspecified atom stereocenters. The first-order valence-electron chi connectivity index (χ1n) is 6.03. The summed E-state index contributed by atoms with van der Waals surface area (Å²) in [6, 6.07) is 4.29. The van der Waals surface area contributed by atoms with E-state index in [0.717, 1.165) is 5.56 Å². The van der Waals surface area contributed by atoms with E-state index in [1.807, 2.05) is 13.8 Å². The van der Waals surface area contributed by atoms with Gasteiger partial charge < -0.3 is 4.74 Å². The van der Waals surface area contributed by atoms with Crippen molar-refractivity contribution in [3.05, 3.63) is 45.9 Å². The number of rotatable bonds is 4. The highest BCUT2D eigenvalue weighted by atomic mass is 19.1. The summed E-state index contributed by atoms with van der Waals surface area (Å²) in [6.45, 7) is 5.78. The number of ether oxygens (including phenoxy) is 1. The van der Waals surface area contributed by atoms with Crippen molar-refractivity contribution in [3.63, 3.8) is 0 Å². The Morgan fingerprint density at radius 1 is 1.47 bits per heavy atom. The minimum absolute atomic E-state index is 0.0221. The molecule has 2 rings (SSSR count). The summed E-state index contributed by atoms with van der Waals surface area (Å²) in [6.07, 6.45) is 0.0221. The Kier molecular flexibility index (Phi) is 3.80. The van der Waals surface area contributed by atoms with Gasteiger partial charge >= 0.3 is 5.69 Å². The van der Waals surface area contributed by atoms with Gasteiger partial charge in [0.05, 0.1) is 11.8 Å². The maximum atomic E-state index is 13.3. The number of aryl methyl sites for hydroxylation is 1. The second-order valence-corrected chi connectivity index (χ2v) is 4.57. The second-order valence-electron chi connectivity index (χ2n) is 4.57. The molecule has 0 spiro atoms. The third-order valence-electron chi connectivity index (χ3n) is 2.70. The average Bonchev–Trinajstić information content (AvgIpc) is 2.71. The number of hydrogen-bond donors (Lipinski definition) is 1. The number of hydrogen-bond acceptors (Lipinski definition) is 3. The molecule has 0 aliphatic carbocycles. The van der Waals surface area contributed by atoms with Crippen LogP contribution in [0.25, 0.3) is 5.69 Å². The van der Waals surface area contributed by atoms with Crippen molar-refractivity contribution in [1.29, 1.82) is 0 Å². The van der Waals surface area contributed by atoms with Gasteiger partial charge in [-0.25, -0.2) is 18.9 Å². The van der Waals surface area contributed by atoms with E-state index in [9.17, 15) is 9.18 Å². The predicted molar refractivity (Wildman–Crippen MR) is 68.8 cm³/mol. The molecule has 6 heteroatoms. The molecule has 102 valence electrons. The molecule has 1 aromatic carbocycles. The lowest BCUT2D eigenvalue weighted by Gasteiger charge is -2.10. The molecule has 2 aromatic rings. The number of H-pyrrole nitrogens is 1. The van der Waals surface area contributed by atoms with Crippen LogP contribution in [0.1, 0.15) is 25.2 Å². The van der Waals surface area contributed by atoms with Crippen molar-refractivity contribution in [2.24, 2.45) is 0 Å². The van der Waals surface area contributed by atoms with Crippen LogP contribution < -0.4 is 5.69 Å². The molecule has 0 fully saturated rings. The Morgan fingerprint density at radius 3 is 2.89 bits per heavy atom. The first-order chi connectivity index (χ1) is 8.99. The molecule has 0 radical (unpaired) electrons. The molecule has 0 saturated heterocycles. The molecule has 1 N–H and O–H groups in total. The Balaban J connectivity index is 2.46. The Morgan fingerprint density at radius 2 is 2.21 bits per heavy atom.